The van der Waals surface area contributed by atoms with Crippen LogP contribution < -0.4 is 5.73 Å². The first kappa shape index (κ1) is 10.8. The lowest BCUT2D eigenvalue weighted by molar-refractivity contribution is 0.517. The molecule has 3 N–H and O–H groups in total. The molecule has 6 heteroatoms. The molecule has 0 aliphatic carbocycles. The normalized spacial score (nSPS) is 11.3. The van der Waals surface area contributed by atoms with Crippen molar-refractivity contribution in [3.05, 3.63) is 35.7 Å². The van der Waals surface area contributed by atoms with Crippen LogP contribution in [0.1, 0.15) is 5.69 Å². The van der Waals surface area contributed by atoms with Crippen LogP contribution in [0.25, 0.3) is 22.2 Å². The number of hydrogen-bond acceptors (Lipinski definition) is 3. The predicted molar refractivity (Wildman–Crippen MR) is 62.9 cm³/mol. The Morgan fingerprint density at radius 3 is 2.78 bits per heavy atom. The van der Waals surface area contributed by atoms with E-state index in [0.29, 0.717) is 22.5 Å². The number of nitrogens with one attached hydrogen (secondary N) is 1. The van der Waals surface area contributed by atoms with Crippen molar-refractivity contribution in [3.8, 4) is 11.3 Å². The van der Waals surface area contributed by atoms with Gasteiger partial charge in [-0.05, 0) is 19.1 Å². The minimum absolute atomic E-state index is 0.0180. The van der Waals surface area contributed by atoms with Crippen molar-refractivity contribution < 1.29 is 13.2 Å². The molecule has 0 saturated carbocycles. The summed E-state index contributed by atoms with van der Waals surface area (Å²) in [5.74, 6) is -1.81. The number of anilines is 1. The second-order valence-corrected chi connectivity index (χ2v) is 3.98. The standard InChI is InChI=1S/C12H9F2N3O/c1-5-9(8-4-18-12(15)17-8)10-7(16-5)3-2-6(13)11(10)14/h2-4,16H,1H3,(H2,15,17). The van der Waals surface area contributed by atoms with Crippen molar-refractivity contribution in [3.63, 3.8) is 0 Å². The number of oxazole rings is 1. The average molecular weight is 249 g/mol. The van der Waals surface area contributed by atoms with Crippen LogP contribution in [0, 0.1) is 18.6 Å². The molecule has 0 fully saturated rings. The molecule has 1 aromatic carbocycles. The van der Waals surface area contributed by atoms with Gasteiger partial charge in [0, 0.05) is 22.2 Å². The highest BCUT2D eigenvalue weighted by atomic mass is 19.2. The maximum Gasteiger partial charge on any atom is 0.292 e. The lowest BCUT2D eigenvalue weighted by Crippen LogP contribution is -1.87. The van der Waals surface area contributed by atoms with Gasteiger partial charge in [-0.3, -0.25) is 0 Å². The van der Waals surface area contributed by atoms with Crippen molar-refractivity contribution in [2.45, 2.75) is 6.92 Å². The molecule has 0 aliphatic heterocycles. The molecule has 0 radical (unpaired) electrons. The number of rotatable bonds is 1. The lowest BCUT2D eigenvalue weighted by atomic mass is 10.1. The van der Waals surface area contributed by atoms with Gasteiger partial charge in [0.1, 0.15) is 12.0 Å². The Labute approximate surface area is 100 Å². The SMILES string of the molecule is Cc1[nH]c2ccc(F)c(F)c2c1-c1coc(N)n1. The highest BCUT2D eigenvalue weighted by Gasteiger charge is 2.19. The molecule has 3 aromatic rings. The minimum atomic E-state index is -0.909. The summed E-state index contributed by atoms with van der Waals surface area (Å²) in [6, 6.07) is 2.54. The van der Waals surface area contributed by atoms with E-state index in [1.54, 1.807) is 6.92 Å². The number of H-pyrrole nitrogens is 1. The van der Waals surface area contributed by atoms with Crippen molar-refractivity contribution >= 4 is 16.9 Å². The third kappa shape index (κ3) is 1.38. The molecule has 0 atom stereocenters. The molecule has 92 valence electrons. The van der Waals surface area contributed by atoms with Crippen molar-refractivity contribution in [2.24, 2.45) is 0 Å². The monoisotopic (exact) mass is 249 g/mol. The average Bonchev–Trinajstić information content (AvgIpc) is 2.87. The van der Waals surface area contributed by atoms with Gasteiger partial charge in [-0.15, -0.1) is 0 Å². The summed E-state index contributed by atoms with van der Waals surface area (Å²) in [7, 11) is 0. The predicted octanol–water partition coefficient (Wildman–Crippen LogP) is 2.99. The maximum atomic E-state index is 13.9. The van der Waals surface area contributed by atoms with Crippen LogP contribution in [-0.2, 0) is 0 Å². The van der Waals surface area contributed by atoms with E-state index in [-0.39, 0.29) is 11.4 Å². The highest BCUT2D eigenvalue weighted by Crippen LogP contribution is 2.34. The number of nitrogens with two attached hydrogens (primary N) is 1. The molecule has 4 nitrogen and oxygen atoms in total. The van der Waals surface area contributed by atoms with E-state index >= 15 is 0 Å². The lowest BCUT2D eigenvalue weighted by Gasteiger charge is -1.98. The number of nitrogen functional groups attached to an aromatic ring is 1. The van der Waals surface area contributed by atoms with Crippen molar-refractivity contribution in [2.75, 3.05) is 5.73 Å². The Morgan fingerprint density at radius 2 is 2.11 bits per heavy atom. The number of benzene rings is 1. The summed E-state index contributed by atoms with van der Waals surface area (Å²) in [4.78, 5) is 6.91. The van der Waals surface area contributed by atoms with Crippen LogP contribution in [0.4, 0.5) is 14.8 Å². The second-order valence-electron chi connectivity index (χ2n) is 3.98. The zero-order chi connectivity index (χ0) is 12.9. The molecule has 0 bridgehead atoms. The Balaban J connectivity index is 2.41. The van der Waals surface area contributed by atoms with E-state index in [9.17, 15) is 8.78 Å². The molecule has 0 unspecified atom stereocenters. The van der Waals surface area contributed by atoms with E-state index in [4.69, 9.17) is 10.2 Å². The fourth-order valence-corrected chi connectivity index (χ4v) is 2.07. The molecule has 0 amide bonds. The number of nitrogens with zero attached hydrogens (tertiary/aromatic N) is 1. The fraction of sp³-hybridized carbons (Fsp3) is 0.0833. The van der Waals surface area contributed by atoms with E-state index in [1.807, 2.05) is 0 Å². The van der Waals surface area contributed by atoms with E-state index in [2.05, 4.69) is 9.97 Å². The first-order valence-electron chi connectivity index (χ1n) is 5.25. The number of fused-ring (bicyclic) bond motifs is 1. The van der Waals surface area contributed by atoms with Gasteiger partial charge in [0.2, 0.25) is 0 Å². The summed E-state index contributed by atoms with van der Waals surface area (Å²) in [5.41, 5.74) is 7.40. The smallest absolute Gasteiger partial charge is 0.292 e. The summed E-state index contributed by atoms with van der Waals surface area (Å²) >= 11 is 0. The molecule has 0 aliphatic rings. The van der Waals surface area contributed by atoms with Crippen LogP contribution in [0.15, 0.2) is 22.8 Å². The summed E-state index contributed by atoms with van der Waals surface area (Å²) < 4.78 is 32.1. The van der Waals surface area contributed by atoms with Crippen LogP contribution in [0.3, 0.4) is 0 Å². The van der Waals surface area contributed by atoms with Gasteiger partial charge in [0.25, 0.3) is 6.01 Å². The van der Waals surface area contributed by atoms with Gasteiger partial charge in [0.05, 0.1) is 0 Å². The number of aromatic amines is 1. The summed E-state index contributed by atoms with van der Waals surface area (Å²) in [6.07, 6.45) is 1.31. The van der Waals surface area contributed by atoms with E-state index < -0.39 is 11.6 Å². The van der Waals surface area contributed by atoms with Crippen LogP contribution in [0.5, 0.6) is 0 Å². The van der Waals surface area contributed by atoms with Gasteiger partial charge in [-0.1, -0.05) is 0 Å². The minimum Gasteiger partial charge on any atom is -0.432 e. The van der Waals surface area contributed by atoms with Crippen molar-refractivity contribution in [1.29, 1.82) is 0 Å². The van der Waals surface area contributed by atoms with Gasteiger partial charge < -0.3 is 15.1 Å². The van der Waals surface area contributed by atoms with Crippen LogP contribution >= 0.6 is 0 Å². The molecule has 18 heavy (non-hydrogen) atoms. The van der Waals surface area contributed by atoms with Gasteiger partial charge in [-0.25, -0.2) is 8.78 Å². The number of hydrogen-bond donors (Lipinski definition) is 2. The molecule has 3 rings (SSSR count). The third-order valence-electron chi connectivity index (χ3n) is 2.82. The van der Waals surface area contributed by atoms with Crippen LogP contribution in [-0.4, -0.2) is 9.97 Å². The largest absolute Gasteiger partial charge is 0.432 e. The second kappa shape index (κ2) is 3.56. The third-order valence-corrected chi connectivity index (χ3v) is 2.82. The van der Waals surface area contributed by atoms with E-state index in [0.717, 1.165) is 6.07 Å². The quantitative estimate of drug-likeness (QED) is 0.696. The Kier molecular flexibility index (Phi) is 2.13. The number of aromatic nitrogens is 2. The van der Waals surface area contributed by atoms with Crippen molar-refractivity contribution in [1.82, 2.24) is 9.97 Å². The first-order valence-corrected chi connectivity index (χ1v) is 5.25. The number of halogens is 2. The molecule has 0 spiro atoms. The van der Waals surface area contributed by atoms with Gasteiger partial charge in [-0.2, -0.15) is 4.98 Å². The van der Waals surface area contributed by atoms with Gasteiger partial charge in [0.15, 0.2) is 11.6 Å². The first-order chi connectivity index (χ1) is 8.58. The Hall–Kier alpha value is -2.37. The van der Waals surface area contributed by atoms with Crippen LogP contribution in [0.2, 0.25) is 0 Å². The summed E-state index contributed by atoms with van der Waals surface area (Å²) in [6.45, 7) is 1.75. The molecular formula is C12H9F2N3O. The highest BCUT2D eigenvalue weighted by molar-refractivity contribution is 5.97. The Bertz CT molecular complexity index is 745. The zero-order valence-corrected chi connectivity index (χ0v) is 9.42. The topological polar surface area (TPSA) is 67.8 Å². The number of aryl methyl sites for hydroxylation is 1. The zero-order valence-electron chi connectivity index (χ0n) is 9.42. The Morgan fingerprint density at radius 1 is 1.33 bits per heavy atom. The summed E-state index contributed by atoms with van der Waals surface area (Å²) in [5, 5.41) is 0.154. The molecule has 0 saturated heterocycles. The maximum absolute atomic E-state index is 13.9. The molecule has 2 heterocycles. The fourth-order valence-electron chi connectivity index (χ4n) is 2.07. The molecular weight excluding hydrogens is 240 g/mol. The molecule has 2 aromatic heterocycles. The van der Waals surface area contributed by atoms with Gasteiger partial charge >= 0.3 is 0 Å². The van der Waals surface area contributed by atoms with E-state index in [1.165, 1.54) is 12.3 Å².